The van der Waals surface area contributed by atoms with Crippen molar-refractivity contribution in [3.63, 3.8) is 0 Å². The predicted molar refractivity (Wildman–Crippen MR) is 54.4 cm³/mol. The SMILES string of the molecule is CC1(C)[CH]CC[C@]2(C)OCCCC12.[Cl-].[Hg+]. The molecule has 1 aliphatic heterocycles. The van der Waals surface area contributed by atoms with Gasteiger partial charge < -0.3 is 17.1 Å². The summed E-state index contributed by atoms with van der Waals surface area (Å²) in [6.07, 6.45) is 7.53. The summed E-state index contributed by atoms with van der Waals surface area (Å²) in [6.45, 7) is 8.02. The third-order valence-corrected chi connectivity index (χ3v) is 4.02. The molecule has 0 amide bonds. The predicted octanol–water partition coefficient (Wildman–Crippen LogP) is 0.197. The minimum Gasteiger partial charge on any atom is -1.00 e. The van der Waals surface area contributed by atoms with Crippen molar-refractivity contribution in [2.45, 2.75) is 52.1 Å². The van der Waals surface area contributed by atoms with Crippen LogP contribution in [-0.4, -0.2) is 12.2 Å². The number of rotatable bonds is 0. The molecule has 1 aliphatic carbocycles. The van der Waals surface area contributed by atoms with Gasteiger partial charge in [-0.05, 0) is 50.4 Å². The van der Waals surface area contributed by atoms with E-state index in [1.165, 1.54) is 25.7 Å². The Hall–Kier alpha value is 1.19. The Bertz CT molecular complexity index is 204. The fourth-order valence-corrected chi connectivity index (χ4v) is 3.28. The van der Waals surface area contributed by atoms with Crippen molar-refractivity contribution >= 4 is 0 Å². The van der Waals surface area contributed by atoms with Gasteiger partial charge in [-0.1, -0.05) is 13.8 Å². The molecular weight excluding hydrogens is 396 g/mol. The smallest absolute Gasteiger partial charge is 1.00 e. The van der Waals surface area contributed by atoms with Crippen LogP contribution in [0, 0.1) is 17.8 Å². The first kappa shape index (κ1) is 16.2. The molecule has 1 saturated carbocycles. The van der Waals surface area contributed by atoms with Crippen molar-refractivity contribution in [2.24, 2.45) is 11.3 Å². The van der Waals surface area contributed by atoms with E-state index in [0.717, 1.165) is 12.5 Å². The zero-order valence-corrected chi connectivity index (χ0v) is 16.4. The van der Waals surface area contributed by atoms with Crippen LogP contribution in [0.1, 0.15) is 46.5 Å². The van der Waals surface area contributed by atoms with Gasteiger partial charge in [0.2, 0.25) is 0 Å². The molecule has 0 spiro atoms. The number of ether oxygens (including phenoxy) is 1. The van der Waals surface area contributed by atoms with Gasteiger partial charge >= 0.3 is 27.7 Å². The molecule has 1 unspecified atom stereocenters. The van der Waals surface area contributed by atoms with Gasteiger partial charge in [0, 0.05) is 6.61 Å². The summed E-state index contributed by atoms with van der Waals surface area (Å²) in [6, 6.07) is 0. The van der Waals surface area contributed by atoms with Gasteiger partial charge in [-0.25, -0.2) is 0 Å². The van der Waals surface area contributed by atoms with Crippen LogP contribution in [0.2, 0.25) is 0 Å². The summed E-state index contributed by atoms with van der Waals surface area (Å²) in [7, 11) is 0. The zero-order chi connectivity index (χ0) is 9.53. The number of fused-ring (bicyclic) bond motifs is 1. The molecule has 0 bridgehead atoms. The van der Waals surface area contributed by atoms with Crippen molar-refractivity contribution in [2.75, 3.05) is 6.61 Å². The second-order valence-electron chi connectivity index (χ2n) is 5.42. The summed E-state index contributed by atoms with van der Waals surface area (Å²) in [4.78, 5) is 0. The molecular formula is C12H21ClHgO. The van der Waals surface area contributed by atoms with Gasteiger partial charge in [0.05, 0.1) is 5.60 Å². The van der Waals surface area contributed by atoms with Gasteiger partial charge in [0.1, 0.15) is 0 Å². The second kappa shape index (κ2) is 5.68. The van der Waals surface area contributed by atoms with Gasteiger partial charge in [-0.2, -0.15) is 0 Å². The van der Waals surface area contributed by atoms with Gasteiger partial charge in [-0.15, -0.1) is 0 Å². The Balaban J connectivity index is 0.000000980. The minimum absolute atomic E-state index is 0. The van der Waals surface area contributed by atoms with Gasteiger partial charge in [-0.3, -0.25) is 0 Å². The van der Waals surface area contributed by atoms with Crippen molar-refractivity contribution in [3.05, 3.63) is 6.42 Å². The molecule has 1 nitrogen and oxygen atoms in total. The summed E-state index contributed by atoms with van der Waals surface area (Å²) in [5, 5.41) is 0. The third-order valence-electron chi connectivity index (χ3n) is 4.02. The average molecular weight is 417 g/mol. The summed E-state index contributed by atoms with van der Waals surface area (Å²) >= 11 is 0. The standard InChI is InChI=1S/C12H21O.ClH.Hg/c1-11(2)7-5-8-12(3)10(11)6-4-9-13-12;;/h7,10H,4-6,8-9H2,1-3H3;1H;/q;;+1/p-1/t10?,12-;;/m0../s1. The van der Waals surface area contributed by atoms with E-state index in [2.05, 4.69) is 27.2 Å². The summed E-state index contributed by atoms with van der Waals surface area (Å²) in [5.74, 6) is 0.738. The zero-order valence-electron chi connectivity index (χ0n) is 10.2. The average Bonchev–Trinajstić information content (AvgIpc) is 2.02. The monoisotopic (exact) mass is 418 g/mol. The Kier molecular flexibility index (Phi) is 6.13. The van der Waals surface area contributed by atoms with E-state index in [-0.39, 0.29) is 45.7 Å². The number of hydrogen-bond donors (Lipinski definition) is 0. The number of hydrogen-bond acceptors (Lipinski definition) is 1. The molecule has 84 valence electrons. The summed E-state index contributed by atoms with van der Waals surface area (Å²) < 4.78 is 5.98. The molecule has 3 heteroatoms. The molecule has 0 aromatic carbocycles. The molecule has 15 heavy (non-hydrogen) atoms. The molecule has 1 saturated heterocycles. The molecule has 0 aromatic rings. The third kappa shape index (κ3) is 3.10. The number of halogens is 1. The largest absolute Gasteiger partial charge is 1.00 e. The summed E-state index contributed by atoms with van der Waals surface area (Å²) in [5.41, 5.74) is 0.559. The van der Waals surface area contributed by atoms with E-state index in [1.807, 2.05) is 0 Å². The van der Waals surface area contributed by atoms with Crippen LogP contribution < -0.4 is 12.4 Å². The van der Waals surface area contributed by atoms with E-state index in [0.29, 0.717) is 5.41 Å². The van der Waals surface area contributed by atoms with Gasteiger partial charge in [0.25, 0.3) is 0 Å². The maximum Gasteiger partial charge on any atom is 1.00 e. The van der Waals surface area contributed by atoms with Crippen molar-refractivity contribution < 1.29 is 44.8 Å². The van der Waals surface area contributed by atoms with Crippen LogP contribution in [0.3, 0.4) is 0 Å². The minimum atomic E-state index is 0. The van der Waals surface area contributed by atoms with E-state index < -0.39 is 0 Å². The molecule has 1 heterocycles. The molecule has 0 N–H and O–H groups in total. The van der Waals surface area contributed by atoms with E-state index in [9.17, 15) is 0 Å². The van der Waals surface area contributed by atoms with Crippen LogP contribution in [-0.2, 0) is 32.4 Å². The van der Waals surface area contributed by atoms with Crippen LogP contribution in [0.5, 0.6) is 0 Å². The van der Waals surface area contributed by atoms with Crippen molar-refractivity contribution in [1.82, 2.24) is 0 Å². The van der Waals surface area contributed by atoms with Gasteiger partial charge in [0.15, 0.2) is 0 Å². The fourth-order valence-electron chi connectivity index (χ4n) is 3.28. The Morgan fingerprint density at radius 3 is 2.53 bits per heavy atom. The van der Waals surface area contributed by atoms with Crippen LogP contribution in [0.4, 0.5) is 0 Å². The molecule has 0 aromatic heterocycles. The van der Waals surface area contributed by atoms with E-state index in [1.54, 1.807) is 0 Å². The van der Waals surface area contributed by atoms with E-state index >= 15 is 0 Å². The second-order valence-corrected chi connectivity index (χ2v) is 5.42. The normalized spacial score (nSPS) is 38.2. The Morgan fingerprint density at radius 1 is 1.27 bits per heavy atom. The fraction of sp³-hybridized carbons (Fsp3) is 0.917. The van der Waals surface area contributed by atoms with Crippen molar-refractivity contribution in [3.8, 4) is 0 Å². The molecule has 2 rings (SSSR count). The Labute approximate surface area is 121 Å². The molecule has 2 atom stereocenters. The van der Waals surface area contributed by atoms with Crippen LogP contribution in [0.25, 0.3) is 0 Å². The molecule has 2 aliphatic rings. The Morgan fingerprint density at radius 2 is 1.93 bits per heavy atom. The van der Waals surface area contributed by atoms with Crippen LogP contribution >= 0.6 is 0 Å². The first-order chi connectivity index (χ1) is 6.05. The first-order valence-corrected chi connectivity index (χ1v) is 5.53. The van der Waals surface area contributed by atoms with Crippen LogP contribution in [0.15, 0.2) is 0 Å². The first-order valence-electron chi connectivity index (χ1n) is 5.53. The maximum atomic E-state index is 5.98. The molecule has 2 fully saturated rings. The van der Waals surface area contributed by atoms with E-state index in [4.69, 9.17) is 4.74 Å². The quantitative estimate of drug-likeness (QED) is 0.512. The topological polar surface area (TPSA) is 9.23 Å². The molecule has 2 radical (unpaired) electrons. The van der Waals surface area contributed by atoms with Crippen molar-refractivity contribution in [1.29, 1.82) is 0 Å². The maximum absolute atomic E-state index is 5.98.